The largest absolute Gasteiger partial charge is 0.283 e. The van der Waals surface area contributed by atoms with Crippen LogP contribution in [0.25, 0.3) is 20.4 Å². The van der Waals surface area contributed by atoms with Gasteiger partial charge in [-0.15, -0.1) is 22.7 Å². The smallest absolute Gasteiger partial charge is 0.263 e. The maximum Gasteiger partial charge on any atom is 0.263 e. The number of para-hydroxylation sites is 1. The molecule has 4 nitrogen and oxygen atoms in total. The third-order valence-corrected chi connectivity index (χ3v) is 9.28. The van der Waals surface area contributed by atoms with Crippen molar-refractivity contribution in [3.05, 3.63) is 86.0 Å². The molecule has 0 unspecified atom stereocenters. The number of fused-ring (bicyclic) bond motifs is 4. The lowest BCUT2D eigenvalue weighted by molar-refractivity contribution is 0.656. The summed E-state index contributed by atoms with van der Waals surface area (Å²) in [6.45, 7) is 0.537. The third kappa shape index (κ3) is 3.68. The highest BCUT2D eigenvalue weighted by Gasteiger charge is 2.22. The van der Waals surface area contributed by atoms with Gasteiger partial charge in [-0.3, -0.25) is 9.36 Å². The lowest BCUT2D eigenvalue weighted by Crippen LogP contribution is -2.24. The highest BCUT2D eigenvalue weighted by Crippen LogP contribution is 2.35. The molecule has 6 rings (SSSR count). The maximum absolute atomic E-state index is 13.7. The molecule has 0 saturated carbocycles. The Kier molecular flexibility index (Phi) is 5.33. The second-order valence-corrected chi connectivity index (χ2v) is 11.2. The molecule has 3 aromatic heterocycles. The van der Waals surface area contributed by atoms with Gasteiger partial charge in [-0.25, -0.2) is 9.97 Å². The molecule has 32 heavy (non-hydrogen) atoms. The van der Waals surface area contributed by atoms with Crippen LogP contribution in [-0.2, 0) is 25.1 Å². The highest BCUT2D eigenvalue weighted by atomic mass is 32.2. The lowest BCUT2D eigenvalue weighted by Gasteiger charge is -2.13. The summed E-state index contributed by atoms with van der Waals surface area (Å²) in [5.74, 6) is 0.706. The maximum atomic E-state index is 13.7. The van der Waals surface area contributed by atoms with Crippen molar-refractivity contribution in [1.82, 2.24) is 14.5 Å². The molecule has 0 atom stereocenters. The van der Waals surface area contributed by atoms with Gasteiger partial charge >= 0.3 is 0 Å². The van der Waals surface area contributed by atoms with Crippen molar-refractivity contribution in [2.75, 3.05) is 0 Å². The normalized spacial score (nSPS) is 13.6. The van der Waals surface area contributed by atoms with E-state index in [9.17, 15) is 4.79 Å². The van der Waals surface area contributed by atoms with Crippen LogP contribution in [0.5, 0.6) is 0 Å². The van der Waals surface area contributed by atoms with Crippen molar-refractivity contribution in [3.63, 3.8) is 0 Å². The molecule has 0 amide bonds. The van der Waals surface area contributed by atoms with Crippen molar-refractivity contribution in [3.8, 4) is 0 Å². The summed E-state index contributed by atoms with van der Waals surface area (Å²) in [5.41, 5.74) is 3.49. The zero-order chi connectivity index (χ0) is 21.5. The van der Waals surface area contributed by atoms with Crippen LogP contribution >= 0.6 is 34.4 Å². The minimum Gasteiger partial charge on any atom is -0.283 e. The third-order valence-electron chi connectivity index (χ3n) is 5.89. The summed E-state index contributed by atoms with van der Waals surface area (Å²) in [6.07, 6.45) is 4.43. The molecule has 0 N–H and O–H groups in total. The Hall–Kier alpha value is -2.48. The topological polar surface area (TPSA) is 47.8 Å². The Morgan fingerprint density at radius 1 is 0.938 bits per heavy atom. The molecular weight excluding hydrogens is 454 g/mol. The van der Waals surface area contributed by atoms with E-state index in [-0.39, 0.29) is 5.56 Å². The summed E-state index contributed by atoms with van der Waals surface area (Å²) in [5, 5.41) is 2.69. The predicted molar refractivity (Wildman–Crippen MR) is 135 cm³/mol. The van der Waals surface area contributed by atoms with E-state index in [0.29, 0.717) is 12.3 Å². The van der Waals surface area contributed by atoms with E-state index in [1.807, 2.05) is 41.0 Å². The molecule has 3 heterocycles. The van der Waals surface area contributed by atoms with Crippen LogP contribution in [0.15, 0.2) is 64.5 Å². The number of thiazole rings is 1. The molecule has 0 bridgehead atoms. The quantitative estimate of drug-likeness (QED) is 0.221. The fourth-order valence-electron chi connectivity index (χ4n) is 4.34. The van der Waals surface area contributed by atoms with Crippen molar-refractivity contribution in [2.45, 2.75) is 43.1 Å². The molecule has 7 heteroatoms. The average Bonchev–Trinajstić information content (AvgIpc) is 3.41. The number of benzene rings is 2. The molecule has 1 aliphatic rings. The van der Waals surface area contributed by atoms with Crippen LogP contribution in [-0.4, -0.2) is 14.5 Å². The molecular formula is C25H21N3OS3. The van der Waals surface area contributed by atoms with Gasteiger partial charge in [0.25, 0.3) is 5.56 Å². The number of hydrogen-bond acceptors (Lipinski definition) is 6. The van der Waals surface area contributed by atoms with E-state index >= 15 is 0 Å². The Morgan fingerprint density at radius 3 is 2.62 bits per heavy atom. The number of thioether (sulfide) groups is 1. The Labute approximate surface area is 198 Å². The number of aryl methyl sites for hydroxylation is 2. The molecule has 5 aromatic rings. The first kappa shape index (κ1) is 20.1. The molecule has 160 valence electrons. The van der Waals surface area contributed by atoms with Gasteiger partial charge in [-0.2, -0.15) is 0 Å². The number of aromatic nitrogens is 3. The number of hydrogen-bond donors (Lipinski definition) is 0. The van der Waals surface area contributed by atoms with Gasteiger partial charge in [0, 0.05) is 4.88 Å². The van der Waals surface area contributed by atoms with Crippen LogP contribution in [0.3, 0.4) is 0 Å². The van der Waals surface area contributed by atoms with Gasteiger partial charge in [0.05, 0.1) is 27.9 Å². The standard InChI is InChI=1S/C25H21N3OS3/c29-24-22-17-10-4-6-12-19(17)32-23(22)27-25(28(24)14-16-8-2-1-3-9-16)30-15-21-26-18-11-5-7-13-20(18)31-21/h1-3,5,7-9,11,13H,4,6,10,12,14-15H2. The first-order chi connectivity index (χ1) is 15.8. The minimum absolute atomic E-state index is 0.102. The van der Waals surface area contributed by atoms with Crippen LogP contribution in [0.2, 0.25) is 0 Å². The lowest BCUT2D eigenvalue weighted by atomic mass is 9.97. The fourth-order valence-corrected chi connectivity index (χ4v) is 7.60. The van der Waals surface area contributed by atoms with Gasteiger partial charge in [0.2, 0.25) is 0 Å². The molecule has 1 aliphatic carbocycles. The summed E-state index contributed by atoms with van der Waals surface area (Å²) in [6, 6.07) is 18.4. The van der Waals surface area contributed by atoms with Gasteiger partial charge in [-0.05, 0) is 48.9 Å². The first-order valence-corrected chi connectivity index (χ1v) is 13.4. The van der Waals surface area contributed by atoms with Gasteiger partial charge < -0.3 is 0 Å². The van der Waals surface area contributed by atoms with Crippen LogP contribution < -0.4 is 5.56 Å². The van der Waals surface area contributed by atoms with E-state index < -0.39 is 0 Å². The molecule has 2 aromatic carbocycles. The van der Waals surface area contributed by atoms with Crippen molar-refractivity contribution in [1.29, 1.82) is 0 Å². The Morgan fingerprint density at radius 2 is 1.75 bits per heavy atom. The monoisotopic (exact) mass is 475 g/mol. The summed E-state index contributed by atoms with van der Waals surface area (Å²) >= 11 is 5.05. The molecule has 0 radical (unpaired) electrons. The molecule has 0 fully saturated rings. The fraction of sp³-hybridized carbons (Fsp3) is 0.240. The zero-order valence-corrected chi connectivity index (χ0v) is 19.9. The average molecular weight is 476 g/mol. The predicted octanol–water partition coefficient (Wildman–Crippen LogP) is 6.29. The van der Waals surface area contributed by atoms with Gasteiger partial charge in [0.15, 0.2) is 5.16 Å². The van der Waals surface area contributed by atoms with E-state index in [0.717, 1.165) is 50.7 Å². The number of nitrogens with zero attached hydrogens (tertiary/aromatic N) is 3. The molecule has 0 spiro atoms. The van der Waals surface area contributed by atoms with Crippen LogP contribution in [0.4, 0.5) is 0 Å². The zero-order valence-electron chi connectivity index (χ0n) is 17.4. The van der Waals surface area contributed by atoms with Gasteiger partial charge in [-0.1, -0.05) is 54.2 Å². The first-order valence-electron chi connectivity index (χ1n) is 10.8. The van der Waals surface area contributed by atoms with Crippen molar-refractivity contribution < 1.29 is 0 Å². The van der Waals surface area contributed by atoms with E-state index in [2.05, 4.69) is 18.2 Å². The minimum atomic E-state index is 0.102. The summed E-state index contributed by atoms with van der Waals surface area (Å²) < 4.78 is 3.07. The summed E-state index contributed by atoms with van der Waals surface area (Å²) in [7, 11) is 0. The highest BCUT2D eigenvalue weighted by molar-refractivity contribution is 7.98. The number of thiophene rings is 1. The van der Waals surface area contributed by atoms with Crippen LogP contribution in [0, 0.1) is 0 Å². The van der Waals surface area contributed by atoms with E-state index in [4.69, 9.17) is 9.97 Å². The Bertz CT molecular complexity index is 1450. The molecule has 0 aliphatic heterocycles. The molecule has 0 saturated heterocycles. The van der Waals surface area contributed by atoms with Crippen molar-refractivity contribution in [2.24, 2.45) is 0 Å². The Balaban J connectivity index is 1.43. The second kappa shape index (κ2) is 8.46. The summed E-state index contributed by atoms with van der Waals surface area (Å²) in [4.78, 5) is 25.8. The SMILES string of the molecule is O=c1c2c3c(sc2nc(SCc2nc4ccccc4s2)n1Cc1ccccc1)CCCC3. The van der Waals surface area contributed by atoms with Crippen molar-refractivity contribution >= 4 is 54.9 Å². The van der Waals surface area contributed by atoms with Crippen LogP contribution in [0.1, 0.15) is 33.9 Å². The van der Waals surface area contributed by atoms with E-state index in [1.165, 1.54) is 21.6 Å². The number of rotatable bonds is 5. The van der Waals surface area contributed by atoms with Gasteiger partial charge in [0.1, 0.15) is 9.84 Å². The second-order valence-electron chi connectivity index (χ2n) is 8.03. The van der Waals surface area contributed by atoms with E-state index in [1.54, 1.807) is 34.4 Å².